The Morgan fingerprint density at radius 3 is 2.68 bits per heavy atom. The number of aryl methyl sites for hydroxylation is 1. The van der Waals surface area contributed by atoms with E-state index < -0.39 is 0 Å². The summed E-state index contributed by atoms with van der Waals surface area (Å²) < 4.78 is 7.07. The molecular weight excluding hydrogens is 316 g/mol. The van der Waals surface area contributed by atoms with Crippen LogP contribution in [0.25, 0.3) is 10.9 Å². The fourth-order valence-electron chi connectivity index (χ4n) is 3.01. The van der Waals surface area contributed by atoms with Crippen molar-refractivity contribution in [2.75, 3.05) is 14.2 Å². The molecule has 2 aromatic carbocycles. The Kier molecular flexibility index (Phi) is 4.65. The van der Waals surface area contributed by atoms with E-state index in [1.165, 1.54) is 7.11 Å². The zero-order chi connectivity index (χ0) is 18.0. The van der Waals surface area contributed by atoms with Crippen LogP contribution in [0, 0.1) is 6.92 Å². The Morgan fingerprint density at radius 2 is 1.96 bits per heavy atom. The van der Waals surface area contributed by atoms with Crippen molar-refractivity contribution in [3.63, 3.8) is 0 Å². The van der Waals surface area contributed by atoms with Gasteiger partial charge < -0.3 is 19.3 Å². The average molecular weight is 338 g/mol. The highest BCUT2D eigenvalue weighted by Gasteiger charge is 2.14. The van der Waals surface area contributed by atoms with Gasteiger partial charge in [0.25, 0.3) is 0 Å². The number of hydrogen-bond donors (Lipinski definition) is 1. The van der Waals surface area contributed by atoms with Gasteiger partial charge in [-0.05, 0) is 42.1 Å². The fraction of sp³-hybridized carbons (Fsp3) is 0.250. The Morgan fingerprint density at radius 1 is 1.20 bits per heavy atom. The second-order valence-electron chi connectivity index (χ2n) is 6.19. The number of hydrogen-bond acceptors (Lipinski definition) is 3. The topological polar surface area (TPSA) is 54.7 Å². The van der Waals surface area contributed by atoms with Crippen molar-refractivity contribution in [1.29, 1.82) is 0 Å². The van der Waals surface area contributed by atoms with Gasteiger partial charge in [-0.3, -0.25) is 4.79 Å². The van der Waals surface area contributed by atoms with Crippen molar-refractivity contribution >= 4 is 16.8 Å². The molecule has 0 aliphatic rings. The number of phenols is 1. The highest BCUT2D eigenvalue weighted by Crippen LogP contribution is 2.26. The van der Waals surface area contributed by atoms with Crippen LogP contribution in [0.5, 0.6) is 11.5 Å². The van der Waals surface area contributed by atoms with E-state index in [1.54, 1.807) is 24.1 Å². The molecule has 0 saturated heterocycles. The lowest BCUT2D eigenvalue weighted by atomic mass is 10.2. The second kappa shape index (κ2) is 6.89. The van der Waals surface area contributed by atoms with E-state index in [4.69, 9.17) is 4.74 Å². The molecule has 1 amide bonds. The number of amides is 1. The van der Waals surface area contributed by atoms with Crippen LogP contribution in [0.15, 0.2) is 48.5 Å². The van der Waals surface area contributed by atoms with Crippen molar-refractivity contribution in [2.45, 2.75) is 20.0 Å². The Hall–Kier alpha value is -2.95. The monoisotopic (exact) mass is 338 g/mol. The zero-order valence-corrected chi connectivity index (χ0v) is 14.7. The van der Waals surface area contributed by atoms with E-state index in [2.05, 4.69) is 6.07 Å². The van der Waals surface area contributed by atoms with Gasteiger partial charge in [0.2, 0.25) is 5.91 Å². The minimum Gasteiger partial charge on any atom is -0.504 e. The lowest BCUT2D eigenvalue weighted by Crippen LogP contribution is -2.30. The molecule has 0 spiro atoms. The predicted molar refractivity (Wildman–Crippen MR) is 97.8 cm³/mol. The van der Waals surface area contributed by atoms with Gasteiger partial charge in [-0.25, -0.2) is 0 Å². The third-order valence-corrected chi connectivity index (χ3v) is 4.40. The molecule has 5 nitrogen and oxygen atoms in total. The van der Waals surface area contributed by atoms with Gasteiger partial charge in [-0.15, -0.1) is 0 Å². The van der Waals surface area contributed by atoms with E-state index in [1.807, 2.05) is 41.8 Å². The fourth-order valence-corrected chi connectivity index (χ4v) is 3.01. The number of fused-ring (bicyclic) bond motifs is 1. The van der Waals surface area contributed by atoms with Gasteiger partial charge in [-0.1, -0.05) is 24.3 Å². The molecule has 130 valence electrons. The van der Waals surface area contributed by atoms with Crippen molar-refractivity contribution in [1.82, 2.24) is 9.47 Å². The third-order valence-electron chi connectivity index (χ3n) is 4.40. The van der Waals surface area contributed by atoms with Crippen LogP contribution in [0.4, 0.5) is 0 Å². The van der Waals surface area contributed by atoms with Crippen LogP contribution in [0.3, 0.4) is 0 Å². The van der Waals surface area contributed by atoms with Crippen LogP contribution in [-0.2, 0) is 17.9 Å². The first-order valence-corrected chi connectivity index (χ1v) is 8.14. The van der Waals surface area contributed by atoms with E-state index >= 15 is 0 Å². The lowest BCUT2D eigenvalue weighted by molar-refractivity contribution is -0.131. The van der Waals surface area contributed by atoms with Gasteiger partial charge >= 0.3 is 0 Å². The Bertz CT molecular complexity index is 914. The molecule has 0 radical (unpaired) electrons. The molecular formula is C20H22N2O3. The standard InChI is InChI=1S/C20H22N2O3/c1-14-10-16-6-4-5-7-17(16)22(14)13-20(24)21(2)12-15-8-9-19(25-3)18(23)11-15/h4-11,23H,12-13H2,1-3H3. The molecule has 0 unspecified atom stereocenters. The predicted octanol–water partition coefficient (Wildman–Crippen LogP) is 3.32. The molecule has 1 N–H and O–H groups in total. The van der Waals surface area contributed by atoms with Gasteiger partial charge in [-0.2, -0.15) is 0 Å². The number of aromatic hydroxyl groups is 1. The van der Waals surface area contributed by atoms with Crippen LogP contribution in [0.1, 0.15) is 11.3 Å². The zero-order valence-electron chi connectivity index (χ0n) is 14.7. The first-order valence-electron chi connectivity index (χ1n) is 8.14. The largest absolute Gasteiger partial charge is 0.504 e. The van der Waals surface area contributed by atoms with E-state index in [-0.39, 0.29) is 18.2 Å². The summed E-state index contributed by atoms with van der Waals surface area (Å²) in [6.45, 7) is 2.72. The molecule has 0 aliphatic carbocycles. The number of nitrogens with zero attached hydrogens (tertiary/aromatic N) is 2. The number of rotatable bonds is 5. The number of carbonyl (C=O) groups excluding carboxylic acids is 1. The Labute approximate surface area is 147 Å². The van der Waals surface area contributed by atoms with Crippen molar-refractivity contribution in [3.05, 3.63) is 59.8 Å². The maximum absolute atomic E-state index is 12.6. The highest BCUT2D eigenvalue weighted by molar-refractivity contribution is 5.84. The molecule has 3 rings (SSSR count). The second-order valence-corrected chi connectivity index (χ2v) is 6.19. The summed E-state index contributed by atoms with van der Waals surface area (Å²) in [5.41, 5.74) is 2.97. The molecule has 1 aromatic heterocycles. The van der Waals surface area contributed by atoms with Crippen molar-refractivity contribution in [2.24, 2.45) is 0 Å². The van der Waals surface area contributed by atoms with Crippen LogP contribution < -0.4 is 4.74 Å². The molecule has 1 heterocycles. The molecule has 0 aliphatic heterocycles. The molecule has 5 heteroatoms. The SMILES string of the molecule is COc1ccc(CN(C)C(=O)Cn2c(C)cc3ccccc32)cc1O. The van der Waals surface area contributed by atoms with E-state index in [0.29, 0.717) is 12.3 Å². The molecule has 0 atom stereocenters. The first-order chi connectivity index (χ1) is 12.0. The van der Waals surface area contributed by atoms with Crippen molar-refractivity contribution in [3.8, 4) is 11.5 Å². The lowest BCUT2D eigenvalue weighted by Gasteiger charge is -2.19. The molecule has 0 fully saturated rings. The maximum Gasteiger partial charge on any atom is 0.242 e. The van der Waals surface area contributed by atoms with Gasteiger partial charge in [0, 0.05) is 24.8 Å². The average Bonchev–Trinajstić information content (AvgIpc) is 2.90. The smallest absolute Gasteiger partial charge is 0.242 e. The summed E-state index contributed by atoms with van der Waals surface area (Å²) in [5, 5.41) is 11.0. The van der Waals surface area contributed by atoms with Crippen LogP contribution in [0.2, 0.25) is 0 Å². The summed E-state index contributed by atoms with van der Waals surface area (Å²) in [7, 11) is 3.28. The third kappa shape index (κ3) is 3.45. The Balaban J connectivity index is 1.74. The molecule has 3 aromatic rings. The number of benzene rings is 2. The first kappa shape index (κ1) is 16.9. The minimum atomic E-state index is 0.0137. The highest BCUT2D eigenvalue weighted by atomic mass is 16.5. The van der Waals surface area contributed by atoms with Gasteiger partial charge in [0.05, 0.1) is 7.11 Å². The molecule has 0 saturated carbocycles. The number of carbonyl (C=O) groups is 1. The van der Waals surface area contributed by atoms with Crippen LogP contribution >= 0.6 is 0 Å². The summed E-state index contributed by atoms with van der Waals surface area (Å²) in [6.07, 6.45) is 0. The van der Waals surface area contributed by atoms with Gasteiger partial charge in [0.1, 0.15) is 6.54 Å². The number of phenolic OH excluding ortho intramolecular Hbond substituents is 1. The van der Waals surface area contributed by atoms with Gasteiger partial charge in [0.15, 0.2) is 11.5 Å². The van der Waals surface area contributed by atoms with Crippen LogP contribution in [-0.4, -0.2) is 34.6 Å². The van der Waals surface area contributed by atoms with Crippen molar-refractivity contribution < 1.29 is 14.6 Å². The van der Waals surface area contributed by atoms with E-state index in [9.17, 15) is 9.90 Å². The number of likely N-dealkylation sites (N-methyl/N-ethyl adjacent to an activating group) is 1. The summed E-state index contributed by atoms with van der Waals surface area (Å²) in [4.78, 5) is 14.3. The molecule has 0 bridgehead atoms. The summed E-state index contributed by atoms with van der Waals surface area (Å²) in [5.74, 6) is 0.514. The number of para-hydroxylation sites is 1. The number of methoxy groups -OCH3 is 1. The maximum atomic E-state index is 12.6. The summed E-state index contributed by atoms with van der Waals surface area (Å²) >= 11 is 0. The summed E-state index contributed by atoms with van der Waals surface area (Å²) in [6, 6.07) is 15.3. The molecule has 25 heavy (non-hydrogen) atoms. The normalized spacial score (nSPS) is 10.8. The van der Waals surface area contributed by atoms with E-state index in [0.717, 1.165) is 22.2 Å². The number of ether oxygens (including phenoxy) is 1. The minimum absolute atomic E-state index is 0.0137. The number of aromatic nitrogens is 1. The quantitative estimate of drug-likeness (QED) is 0.776.